The second-order valence-electron chi connectivity index (χ2n) is 5.87. The fourth-order valence-corrected chi connectivity index (χ4v) is 2.53. The number of anilines is 2. The van der Waals surface area contributed by atoms with Crippen LogP contribution in [0.15, 0.2) is 48.5 Å². The van der Waals surface area contributed by atoms with Crippen LogP contribution in [-0.4, -0.2) is 37.8 Å². The predicted molar refractivity (Wildman–Crippen MR) is 95.9 cm³/mol. The van der Waals surface area contributed by atoms with Gasteiger partial charge in [0.25, 0.3) is 0 Å². The van der Waals surface area contributed by atoms with E-state index in [0.29, 0.717) is 0 Å². The van der Waals surface area contributed by atoms with Crippen LogP contribution in [-0.2, 0) is 12.8 Å². The Morgan fingerprint density at radius 1 is 0.739 bits per heavy atom. The molecule has 2 aromatic rings. The Hall–Kier alpha value is -2.04. The molecule has 124 valence electrons. The van der Waals surface area contributed by atoms with Crippen LogP contribution in [0.25, 0.3) is 0 Å². The van der Waals surface area contributed by atoms with E-state index in [9.17, 15) is 5.11 Å². The van der Waals surface area contributed by atoms with E-state index >= 15 is 0 Å². The Morgan fingerprint density at radius 2 is 1.35 bits per heavy atom. The molecule has 0 aliphatic carbocycles. The lowest BCUT2D eigenvalue weighted by molar-refractivity contribution is 0.298. The summed E-state index contributed by atoms with van der Waals surface area (Å²) in [5, 5.41) is 18.3. The summed E-state index contributed by atoms with van der Waals surface area (Å²) in [5.74, 6) is 0. The highest BCUT2D eigenvalue weighted by molar-refractivity contribution is 5.48. The van der Waals surface area contributed by atoms with Crippen LogP contribution in [0.1, 0.15) is 17.5 Å². The van der Waals surface area contributed by atoms with Gasteiger partial charge >= 0.3 is 0 Å². The van der Waals surface area contributed by atoms with Crippen LogP contribution >= 0.6 is 0 Å². The third-order valence-corrected chi connectivity index (χ3v) is 4.08. The van der Waals surface area contributed by atoms with Gasteiger partial charge in [-0.05, 0) is 54.7 Å². The van der Waals surface area contributed by atoms with Crippen molar-refractivity contribution in [1.29, 1.82) is 0 Å². The van der Waals surface area contributed by atoms with Gasteiger partial charge in [0, 0.05) is 25.5 Å². The molecule has 0 spiro atoms. The van der Waals surface area contributed by atoms with Crippen LogP contribution in [0.5, 0.6) is 0 Å². The van der Waals surface area contributed by atoms with Gasteiger partial charge < -0.3 is 20.0 Å². The number of hydrogen-bond acceptors (Lipinski definition) is 4. The van der Waals surface area contributed by atoms with Gasteiger partial charge in [0.1, 0.15) is 13.5 Å². The minimum atomic E-state index is 0.0258. The van der Waals surface area contributed by atoms with Gasteiger partial charge in [0.05, 0.1) is 0 Å². The fourth-order valence-electron chi connectivity index (χ4n) is 2.53. The molecule has 2 N–H and O–H groups in total. The number of aliphatic hydroxyl groups excluding tert-OH is 2. The second-order valence-corrected chi connectivity index (χ2v) is 5.87. The maximum atomic E-state index is 9.19. The molecule has 0 saturated heterocycles. The SMILES string of the molecule is CN(CO)c1ccc(CCCc2cccc(N(C)CO)c2)cc1. The molecule has 2 rings (SSSR count). The molecule has 0 aliphatic heterocycles. The molecule has 2 aromatic carbocycles. The second kappa shape index (κ2) is 8.56. The maximum Gasteiger partial charge on any atom is 0.115 e. The average molecular weight is 314 g/mol. The Morgan fingerprint density at radius 3 is 2.00 bits per heavy atom. The molecule has 0 aromatic heterocycles. The molecule has 4 nitrogen and oxygen atoms in total. The highest BCUT2D eigenvalue weighted by atomic mass is 16.3. The highest BCUT2D eigenvalue weighted by Gasteiger charge is 2.02. The average Bonchev–Trinajstić information content (AvgIpc) is 2.61. The number of benzene rings is 2. The van der Waals surface area contributed by atoms with E-state index in [2.05, 4.69) is 24.3 Å². The number of nitrogens with zero attached hydrogens (tertiary/aromatic N) is 2. The topological polar surface area (TPSA) is 46.9 Å². The van der Waals surface area contributed by atoms with Gasteiger partial charge in [-0.3, -0.25) is 0 Å². The zero-order valence-corrected chi connectivity index (χ0v) is 13.9. The van der Waals surface area contributed by atoms with Crippen LogP contribution in [0.2, 0.25) is 0 Å². The van der Waals surface area contributed by atoms with Crippen molar-refractivity contribution in [2.75, 3.05) is 37.4 Å². The molecule has 0 unspecified atom stereocenters. The van der Waals surface area contributed by atoms with Crippen molar-refractivity contribution in [2.24, 2.45) is 0 Å². The Labute approximate surface area is 138 Å². The van der Waals surface area contributed by atoms with Crippen molar-refractivity contribution >= 4 is 11.4 Å². The van der Waals surface area contributed by atoms with Crippen molar-refractivity contribution in [1.82, 2.24) is 0 Å². The predicted octanol–water partition coefficient (Wildman–Crippen LogP) is 2.63. The zero-order valence-electron chi connectivity index (χ0n) is 13.9. The molecule has 0 heterocycles. The number of aryl methyl sites for hydroxylation is 2. The Kier molecular flexibility index (Phi) is 6.44. The molecule has 0 fully saturated rings. The van der Waals surface area contributed by atoms with Gasteiger partial charge in [-0.2, -0.15) is 0 Å². The first-order valence-electron chi connectivity index (χ1n) is 7.96. The van der Waals surface area contributed by atoms with E-state index in [-0.39, 0.29) is 13.5 Å². The Balaban J connectivity index is 1.87. The molecule has 0 aliphatic rings. The quantitative estimate of drug-likeness (QED) is 0.735. The minimum absolute atomic E-state index is 0.0258. The molecule has 0 atom stereocenters. The van der Waals surface area contributed by atoms with Crippen LogP contribution in [0.4, 0.5) is 11.4 Å². The first-order chi connectivity index (χ1) is 11.1. The standard InChI is InChI=1S/C19H26N2O2/c1-20(14-22)18-11-9-16(10-12-18)5-3-6-17-7-4-8-19(13-17)21(2)15-23/h4,7-13,22-23H,3,5-6,14-15H2,1-2H3. The summed E-state index contributed by atoms with van der Waals surface area (Å²) in [6.07, 6.45) is 3.13. The lowest BCUT2D eigenvalue weighted by Crippen LogP contribution is -2.17. The molecule has 4 heteroatoms. The molecule has 0 bridgehead atoms. The van der Waals surface area contributed by atoms with Crippen LogP contribution in [0, 0.1) is 0 Å². The van der Waals surface area contributed by atoms with E-state index in [4.69, 9.17) is 5.11 Å². The summed E-state index contributed by atoms with van der Waals surface area (Å²) in [5.41, 5.74) is 4.67. The van der Waals surface area contributed by atoms with E-state index in [1.165, 1.54) is 11.1 Å². The smallest absolute Gasteiger partial charge is 0.115 e. The van der Waals surface area contributed by atoms with Crippen molar-refractivity contribution in [2.45, 2.75) is 19.3 Å². The lowest BCUT2D eigenvalue weighted by atomic mass is 10.0. The summed E-state index contributed by atoms with van der Waals surface area (Å²) in [4.78, 5) is 3.62. The molecule has 0 saturated carbocycles. The maximum absolute atomic E-state index is 9.19. The zero-order chi connectivity index (χ0) is 16.7. The van der Waals surface area contributed by atoms with Crippen molar-refractivity contribution in [3.8, 4) is 0 Å². The first-order valence-corrected chi connectivity index (χ1v) is 7.96. The molecular weight excluding hydrogens is 288 g/mol. The normalized spacial score (nSPS) is 10.6. The largest absolute Gasteiger partial charge is 0.376 e. The van der Waals surface area contributed by atoms with Crippen LogP contribution < -0.4 is 9.80 Å². The summed E-state index contributed by atoms with van der Waals surface area (Å²) in [7, 11) is 3.75. The summed E-state index contributed by atoms with van der Waals surface area (Å²) >= 11 is 0. The lowest BCUT2D eigenvalue weighted by Gasteiger charge is -2.17. The minimum Gasteiger partial charge on any atom is -0.376 e. The third-order valence-electron chi connectivity index (χ3n) is 4.08. The third kappa shape index (κ3) is 4.98. The van der Waals surface area contributed by atoms with Gasteiger partial charge in [-0.15, -0.1) is 0 Å². The Bertz CT molecular complexity index is 599. The fraction of sp³-hybridized carbons (Fsp3) is 0.368. The van der Waals surface area contributed by atoms with E-state index in [1.54, 1.807) is 4.90 Å². The summed E-state index contributed by atoms with van der Waals surface area (Å²) in [6, 6.07) is 16.6. The van der Waals surface area contributed by atoms with E-state index in [1.807, 2.05) is 43.3 Å². The van der Waals surface area contributed by atoms with Crippen LogP contribution in [0.3, 0.4) is 0 Å². The van der Waals surface area contributed by atoms with Gasteiger partial charge in [0.15, 0.2) is 0 Å². The number of rotatable bonds is 8. The summed E-state index contributed by atoms with van der Waals surface area (Å²) in [6.45, 7) is 0.0516. The van der Waals surface area contributed by atoms with Gasteiger partial charge in [-0.25, -0.2) is 0 Å². The molecule has 0 amide bonds. The number of aliphatic hydroxyl groups is 2. The molecular formula is C19H26N2O2. The summed E-state index contributed by atoms with van der Waals surface area (Å²) < 4.78 is 0. The van der Waals surface area contributed by atoms with Gasteiger partial charge in [0.2, 0.25) is 0 Å². The van der Waals surface area contributed by atoms with E-state index in [0.717, 1.165) is 30.6 Å². The number of hydrogen-bond donors (Lipinski definition) is 2. The van der Waals surface area contributed by atoms with Crippen molar-refractivity contribution in [3.63, 3.8) is 0 Å². The monoisotopic (exact) mass is 314 g/mol. The van der Waals surface area contributed by atoms with Crippen molar-refractivity contribution in [3.05, 3.63) is 59.7 Å². The first kappa shape index (κ1) is 17.3. The molecule has 23 heavy (non-hydrogen) atoms. The van der Waals surface area contributed by atoms with Crippen molar-refractivity contribution < 1.29 is 10.2 Å². The van der Waals surface area contributed by atoms with Gasteiger partial charge in [-0.1, -0.05) is 24.3 Å². The van der Waals surface area contributed by atoms with E-state index < -0.39 is 0 Å². The highest BCUT2D eigenvalue weighted by Crippen LogP contribution is 2.18. The molecule has 0 radical (unpaired) electrons.